The van der Waals surface area contributed by atoms with Gasteiger partial charge in [0.2, 0.25) is 0 Å². The molecule has 5 nitrogen and oxygen atoms in total. The van der Waals surface area contributed by atoms with Crippen LogP contribution in [0.4, 0.5) is 0 Å². The molecule has 0 aliphatic heterocycles. The second-order valence-electron chi connectivity index (χ2n) is 2.73. The summed E-state index contributed by atoms with van der Waals surface area (Å²) < 4.78 is 4.29. The third-order valence-corrected chi connectivity index (χ3v) is 1.61. The van der Waals surface area contributed by atoms with Gasteiger partial charge in [0.25, 0.3) is 0 Å². The molecule has 1 aromatic carbocycles. The molecular weight excluding hydrogens is 223 g/mol. The topological polar surface area (TPSA) is 80.7 Å². The minimum Gasteiger partial charge on any atom is -1.00 e. The molecule has 0 aromatic heterocycles. The summed E-state index contributed by atoms with van der Waals surface area (Å²) in [5.74, 6) is -2.98. The van der Waals surface area contributed by atoms with Crippen molar-refractivity contribution in [2.75, 3.05) is 0 Å². The van der Waals surface area contributed by atoms with E-state index in [4.69, 9.17) is 5.11 Å². The maximum Gasteiger partial charge on any atom is 1.00 e. The van der Waals surface area contributed by atoms with E-state index in [1.54, 1.807) is 0 Å². The third-order valence-electron chi connectivity index (χ3n) is 1.61. The van der Waals surface area contributed by atoms with E-state index in [1.807, 2.05) is 0 Å². The number of carbonyl (C=O) groups excluding carboxylic acids is 2. The van der Waals surface area contributed by atoms with Crippen LogP contribution in [0.3, 0.4) is 0 Å². The maximum absolute atomic E-state index is 11.3. The summed E-state index contributed by atoms with van der Waals surface area (Å²) in [6.45, 7) is 1.07. The van der Waals surface area contributed by atoms with E-state index in [-0.39, 0.29) is 42.1 Å². The van der Waals surface area contributed by atoms with E-state index in [0.29, 0.717) is 0 Å². The van der Waals surface area contributed by atoms with Crippen molar-refractivity contribution in [1.29, 1.82) is 0 Å². The normalized spacial score (nSPS) is 8.81. The van der Waals surface area contributed by atoms with Gasteiger partial charge in [-0.05, 0) is 12.1 Å². The molecule has 0 fully saturated rings. The molecular formula is C10H9NaO5. The van der Waals surface area contributed by atoms with Gasteiger partial charge in [0, 0.05) is 6.92 Å². The molecule has 0 spiro atoms. The predicted molar refractivity (Wildman–Crippen MR) is 50.6 cm³/mol. The fourth-order valence-corrected chi connectivity index (χ4v) is 1.03. The Morgan fingerprint density at radius 3 is 2.12 bits per heavy atom. The fourth-order valence-electron chi connectivity index (χ4n) is 1.03. The number of ether oxygens (including phenoxy) is 1. The Morgan fingerprint density at radius 2 is 1.69 bits per heavy atom. The average Bonchev–Trinajstić information content (AvgIpc) is 2.16. The predicted octanol–water partition coefficient (Wildman–Crippen LogP) is -1.80. The Balaban J connectivity index is 0. The first-order chi connectivity index (χ1) is 7.02. The number of carbonyl (C=O) groups is 3. The first kappa shape index (κ1) is 14.8. The summed E-state index contributed by atoms with van der Waals surface area (Å²) in [6.07, 6.45) is 0. The molecule has 6 heteroatoms. The summed E-state index contributed by atoms with van der Waals surface area (Å²) in [5, 5.41) is 8.76. The van der Waals surface area contributed by atoms with Crippen LogP contribution in [0.1, 0.15) is 29.1 Å². The number of carboxylic acids is 1. The smallest absolute Gasteiger partial charge is 1.00 e. The number of hydrogen-bond donors (Lipinski definition) is 1. The first-order valence-corrected chi connectivity index (χ1v) is 4.07. The van der Waals surface area contributed by atoms with Gasteiger partial charge < -0.3 is 11.3 Å². The zero-order valence-electron chi connectivity index (χ0n) is 9.89. The molecule has 0 atom stereocenters. The van der Waals surface area contributed by atoms with Gasteiger partial charge >= 0.3 is 47.5 Å². The van der Waals surface area contributed by atoms with E-state index < -0.39 is 17.9 Å². The summed E-state index contributed by atoms with van der Waals surface area (Å²) in [4.78, 5) is 32.5. The van der Waals surface area contributed by atoms with Crippen LogP contribution >= 0.6 is 0 Å². The third kappa shape index (κ3) is 3.77. The molecule has 0 heterocycles. The first-order valence-electron chi connectivity index (χ1n) is 4.07. The molecule has 1 N–H and O–H groups in total. The van der Waals surface area contributed by atoms with Crippen LogP contribution in [0, 0.1) is 0 Å². The van der Waals surface area contributed by atoms with Crippen LogP contribution < -0.4 is 29.6 Å². The fraction of sp³-hybridized carbons (Fsp3) is 0.100. The van der Waals surface area contributed by atoms with Crippen molar-refractivity contribution in [2.45, 2.75) is 6.92 Å². The van der Waals surface area contributed by atoms with Gasteiger partial charge in [0.15, 0.2) is 0 Å². The van der Waals surface area contributed by atoms with Crippen LogP contribution in [0.2, 0.25) is 0 Å². The Kier molecular flexibility index (Phi) is 5.95. The van der Waals surface area contributed by atoms with Gasteiger partial charge in [-0.1, -0.05) is 12.1 Å². The van der Waals surface area contributed by atoms with E-state index in [9.17, 15) is 14.4 Å². The Morgan fingerprint density at radius 1 is 1.19 bits per heavy atom. The molecule has 0 aliphatic rings. The molecule has 1 aromatic rings. The van der Waals surface area contributed by atoms with Gasteiger partial charge in [0.1, 0.15) is 0 Å². The van der Waals surface area contributed by atoms with E-state index >= 15 is 0 Å². The van der Waals surface area contributed by atoms with Gasteiger partial charge in [0.05, 0.1) is 11.1 Å². The standard InChI is InChI=1S/C10H8O5.Na.H/c1-6(11)15-10(14)8-5-3-2-4-7(8)9(12)13;;/h2-5H,1H3,(H,12,13);;/q;+1;-1. The van der Waals surface area contributed by atoms with Crippen molar-refractivity contribution in [3.63, 3.8) is 0 Å². The molecule has 0 unspecified atom stereocenters. The Hall–Kier alpha value is -1.17. The second-order valence-corrected chi connectivity index (χ2v) is 2.73. The summed E-state index contributed by atoms with van der Waals surface area (Å²) in [7, 11) is 0. The number of aromatic carboxylic acids is 1. The second kappa shape index (κ2) is 6.42. The summed E-state index contributed by atoms with van der Waals surface area (Å²) >= 11 is 0. The van der Waals surface area contributed by atoms with Crippen LogP contribution in [0.25, 0.3) is 0 Å². The maximum atomic E-state index is 11.3. The van der Waals surface area contributed by atoms with Crippen molar-refractivity contribution < 1.29 is 55.2 Å². The van der Waals surface area contributed by atoms with Gasteiger partial charge in [-0.2, -0.15) is 0 Å². The number of hydrogen-bond acceptors (Lipinski definition) is 4. The van der Waals surface area contributed by atoms with Crippen LogP contribution in [0.5, 0.6) is 0 Å². The van der Waals surface area contributed by atoms with E-state index in [1.165, 1.54) is 24.3 Å². The largest absolute Gasteiger partial charge is 1.00 e. The van der Waals surface area contributed by atoms with Gasteiger partial charge in [-0.3, -0.25) is 4.79 Å². The van der Waals surface area contributed by atoms with Crippen LogP contribution in [-0.2, 0) is 9.53 Å². The number of esters is 2. The average molecular weight is 232 g/mol. The van der Waals surface area contributed by atoms with Gasteiger partial charge in [-0.25, -0.2) is 9.59 Å². The number of carboxylic acid groups (broad SMARTS) is 1. The van der Waals surface area contributed by atoms with Gasteiger partial charge in [-0.15, -0.1) is 0 Å². The molecule has 0 aliphatic carbocycles. The monoisotopic (exact) mass is 232 g/mol. The zero-order chi connectivity index (χ0) is 11.4. The van der Waals surface area contributed by atoms with Crippen molar-refractivity contribution in [1.82, 2.24) is 0 Å². The van der Waals surface area contributed by atoms with Crippen molar-refractivity contribution >= 4 is 17.9 Å². The molecule has 0 saturated carbocycles. The Labute approximate surface area is 115 Å². The van der Waals surface area contributed by atoms with E-state index in [0.717, 1.165) is 6.92 Å². The summed E-state index contributed by atoms with van der Waals surface area (Å²) in [5.41, 5.74) is -0.330. The molecule has 80 valence electrons. The molecule has 0 saturated heterocycles. The van der Waals surface area contributed by atoms with Crippen molar-refractivity contribution in [3.8, 4) is 0 Å². The SMILES string of the molecule is CC(=O)OC(=O)c1ccccc1C(=O)O.[H-].[Na+]. The van der Waals surface area contributed by atoms with Crippen molar-refractivity contribution in [3.05, 3.63) is 35.4 Å². The minimum absolute atomic E-state index is 0. The zero-order valence-corrected chi connectivity index (χ0v) is 10.9. The molecule has 0 amide bonds. The molecule has 1 rings (SSSR count). The van der Waals surface area contributed by atoms with Crippen molar-refractivity contribution in [2.24, 2.45) is 0 Å². The number of benzene rings is 1. The molecule has 0 bridgehead atoms. The Bertz CT molecular complexity index is 432. The minimum atomic E-state index is -1.24. The summed E-state index contributed by atoms with van der Waals surface area (Å²) in [6, 6.07) is 5.52. The molecule has 0 radical (unpaired) electrons. The molecule has 16 heavy (non-hydrogen) atoms. The quantitative estimate of drug-likeness (QED) is 0.370. The van der Waals surface area contributed by atoms with E-state index in [2.05, 4.69) is 4.74 Å². The van der Waals surface area contributed by atoms with Crippen LogP contribution in [0.15, 0.2) is 24.3 Å². The number of rotatable bonds is 2. The van der Waals surface area contributed by atoms with Crippen LogP contribution in [-0.4, -0.2) is 23.0 Å².